The van der Waals surface area contributed by atoms with Crippen molar-refractivity contribution in [2.24, 2.45) is 0 Å². The molecule has 1 aromatic heterocycles. The summed E-state index contributed by atoms with van der Waals surface area (Å²) in [6.07, 6.45) is 4.53. The van der Waals surface area contributed by atoms with Crippen molar-refractivity contribution < 1.29 is 14.4 Å². The Morgan fingerprint density at radius 2 is 1.73 bits per heavy atom. The Balaban J connectivity index is 1.23. The van der Waals surface area contributed by atoms with Crippen LogP contribution in [0.3, 0.4) is 0 Å². The Kier molecular flexibility index (Phi) is 4.54. The van der Waals surface area contributed by atoms with E-state index in [2.05, 4.69) is 10.3 Å². The van der Waals surface area contributed by atoms with Crippen LogP contribution in [0.5, 0.6) is 0 Å². The molecule has 2 saturated heterocycles. The van der Waals surface area contributed by atoms with E-state index >= 15 is 0 Å². The molecule has 2 atom stereocenters. The zero-order chi connectivity index (χ0) is 22.6. The van der Waals surface area contributed by atoms with Gasteiger partial charge in [0.1, 0.15) is 18.6 Å². The number of H-pyrrole nitrogens is 1. The highest BCUT2D eigenvalue weighted by molar-refractivity contribution is 6.02. The zero-order valence-corrected chi connectivity index (χ0v) is 18.3. The van der Waals surface area contributed by atoms with E-state index in [0.717, 1.165) is 41.3 Å². The largest absolute Gasteiger partial charge is 0.361 e. The standard InChI is InChI=1S/C26H26N4O3/c31-22-16-29-23(26(11-12-26)30(22)13-10-17-6-2-1-3-7-17)24(32)28-21(25(29)33)14-18-15-27-20-9-5-4-8-19(18)20/h1-9,15,21,23,27H,10-14,16H2,(H,28,32)/t21-,23-/m0/s1. The Morgan fingerprint density at radius 1 is 0.970 bits per heavy atom. The summed E-state index contributed by atoms with van der Waals surface area (Å²) in [5.41, 5.74) is 2.58. The number of nitrogens with zero attached hydrogens (tertiary/aromatic N) is 2. The van der Waals surface area contributed by atoms with E-state index in [4.69, 9.17) is 0 Å². The van der Waals surface area contributed by atoms with Gasteiger partial charge in [-0.3, -0.25) is 14.4 Å². The molecule has 3 aliphatic rings. The van der Waals surface area contributed by atoms with Gasteiger partial charge in [0.2, 0.25) is 17.7 Å². The monoisotopic (exact) mass is 442 g/mol. The number of rotatable bonds is 5. The number of aromatic amines is 1. The lowest BCUT2D eigenvalue weighted by atomic mass is 9.91. The molecule has 3 aromatic rings. The summed E-state index contributed by atoms with van der Waals surface area (Å²) in [6.45, 7) is 0.533. The molecule has 2 aromatic carbocycles. The highest BCUT2D eigenvalue weighted by Gasteiger charge is 2.65. The van der Waals surface area contributed by atoms with Crippen LogP contribution in [0.2, 0.25) is 0 Å². The summed E-state index contributed by atoms with van der Waals surface area (Å²) in [7, 11) is 0. The number of hydrogen-bond donors (Lipinski definition) is 2. The van der Waals surface area contributed by atoms with E-state index in [1.54, 1.807) is 4.90 Å². The molecule has 6 rings (SSSR count). The molecule has 3 amide bonds. The van der Waals surface area contributed by atoms with Crippen molar-refractivity contribution in [2.75, 3.05) is 13.1 Å². The minimum Gasteiger partial charge on any atom is -0.361 e. The van der Waals surface area contributed by atoms with Crippen molar-refractivity contribution in [3.05, 3.63) is 71.9 Å². The number of nitrogens with one attached hydrogen (secondary N) is 2. The molecule has 33 heavy (non-hydrogen) atoms. The molecule has 0 unspecified atom stereocenters. The normalized spacial score (nSPS) is 23.7. The molecule has 1 aliphatic carbocycles. The van der Waals surface area contributed by atoms with Crippen LogP contribution in [0.25, 0.3) is 10.9 Å². The van der Waals surface area contributed by atoms with Crippen LogP contribution in [0.4, 0.5) is 0 Å². The minimum atomic E-state index is -0.660. The van der Waals surface area contributed by atoms with Gasteiger partial charge in [-0.25, -0.2) is 0 Å². The van der Waals surface area contributed by atoms with Crippen LogP contribution in [-0.2, 0) is 27.2 Å². The number of piperazine rings is 2. The second-order valence-corrected chi connectivity index (χ2v) is 9.38. The van der Waals surface area contributed by atoms with Gasteiger partial charge in [-0.15, -0.1) is 0 Å². The maximum absolute atomic E-state index is 13.4. The fraction of sp³-hybridized carbons (Fsp3) is 0.346. The van der Waals surface area contributed by atoms with Crippen molar-refractivity contribution in [2.45, 2.75) is 43.3 Å². The molecule has 168 valence electrons. The molecule has 3 heterocycles. The second kappa shape index (κ2) is 7.47. The van der Waals surface area contributed by atoms with Crippen molar-refractivity contribution in [1.82, 2.24) is 20.1 Å². The molecule has 2 N–H and O–H groups in total. The van der Waals surface area contributed by atoms with Crippen LogP contribution in [0.15, 0.2) is 60.8 Å². The van der Waals surface area contributed by atoms with E-state index in [0.29, 0.717) is 13.0 Å². The SMILES string of the molecule is O=C1N[C@@H](Cc2c[nH]c3ccccc23)C(=O)N2CC(=O)N(CCc3ccccc3)C3(CC3)[C@H]12. The van der Waals surface area contributed by atoms with E-state index in [1.807, 2.05) is 65.7 Å². The van der Waals surface area contributed by atoms with Gasteiger partial charge >= 0.3 is 0 Å². The van der Waals surface area contributed by atoms with Gasteiger partial charge in [-0.1, -0.05) is 48.5 Å². The fourth-order valence-electron chi connectivity index (χ4n) is 5.67. The molecular weight excluding hydrogens is 416 g/mol. The summed E-state index contributed by atoms with van der Waals surface area (Å²) in [5.74, 6) is -0.366. The summed E-state index contributed by atoms with van der Waals surface area (Å²) in [4.78, 5) is 46.6. The van der Waals surface area contributed by atoms with Crippen LogP contribution in [0, 0.1) is 0 Å². The summed E-state index contributed by atoms with van der Waals surface area (Å²) >= 11 is 0. The molecule has 3 fully saturated rings. The average Bonchev–Trinajstić information content (AvgIpc) is 3.49. The van der Waals surface area contributed by atoms with Gasteiger partial charge in [0.05, 0.1) is 5.54 Å². The molecule has 0 radical (unpaired) electrons. The lowest BCUT2D eigenvalue weighted by molar-refractivity contribution is -0.166. The molecule has 2 aliphatic heterocycles. The number of para-hydroxylation sites is 1. The van der Waals surface area contributed by atoms with Gasteiger partial charge in [0, 0.05) is 30.1 Å². The number of benzene rings is 2. The average molecular weight is 443 g/mol. The number of hydrogen-bond acceptors (Lipinski definition) is 3. The topological polar surface area (TPSA) is 85.5 Å². The molecule has 7 heteroatoms. The Labute approximate surface area is 191 Å². The van der Waals surface area contributed by atoms with Gasteiger partial charge in [-0.2, -0.15) is 0 Å². The summed E-state index contributed by atoms with van der Waals surface area (Å²) in [6, 6.07) is 16.7. The fourth-order valence-corrected chi connectivity index (χ4v) is 5.67. The Bertz CT molecular complexity index is 1250. The molecule has 7 nitrogen and oxygen atoms in total. The zero-order valence-electron chi connectivity index (χ0n) is 18.3. The van der Waals surface area contributed by atoms with Crippen LogP contribution in [-0.4, -0.2) is 63.2 Å². The predicted octanol–water partition coefficient (Wildman–Crippen LogP) is 2.02. The third-order valence-electron chi connectivity index (χ3n) is 7.44. The van der Waals surface area contributed by atoms with Crippen molar-refractivity contribution in [3.63, 3.8) is 0 Å². The van der Waals surface area contributed by atoms with E-state index in [1.165, 1.54) is 0 Å². The third kappa shape index (κ3) is 3.22. The summed E-state index contributed by atoms with van der Waals surface area (Å²) in [5, 5.41) is 4.03. The number of carbonyl (C=O) groups excluding carboxylic acids is 3. The van der Waals surface area contributed by atoms with Crippen LogP contribution < -0.4 is 5.32 Å². The van der Waals surface area contributed by atoms with E-state index in [-0.39, 0.29) is 24.3 Å². The minimum absolute atomic E-state index is 0.0299. The second-order valence-electron chi connectivity index (χ2n) is 9.38. The third-order valence-corrected chi connectivity index (χ3v) is 7.44. The summed E-state index contributed by atoms with van der Waals surface area (Å²) < 4.78 is 0. The van der Waals surface area contributed by atoms with Crippen molar-refractivity contribution >= 4 is 28.6 Å². The lowest BCUT2D eigenvalue weighted by Crippen LogP contribution is -2.75. The first-order valence-electron chi connectivity index (χ1n) is 11.6. The molecular formula is C26H26N4O3. The number of amides is 3. The van der Waals surface area contributed by atoms with Gasteiger partial charge in [0.25, 0.3) is 0 Å². The number of fused-ring (bicyclic) bond motifs is 3. The predicted molar refractivity (Wildman–Crippen MR) is 123 cm³/mol. The van der Waals surface area contributed by atoms with Gasteiger partial charge in [0.15, 0.2) is 0 Å². The number of aromatic nitrogens is 1. The first-order chi connectivity index (χ1) is 16.1. The van der Waals surface area contributed by atoms with Crippen LogP contribution >= 0.6 is 0 Å². The molecule has 1 spiro atoms. The number of carbonyl (C=O) groups is 3. The van der Waals surface area contributed by atoms with Crippen LogP contribution in [0.1, 0.15) is 24.0 Å². The van der Waals surface area contributed by atoms with E-state index in [9.17, 15) is 14.4 Å². The maximum Gasteiger partial charge on any atom is 0.246 e. The van der Waals surface area contributed by atoms with Gasteiger partial charge < -0.3 is 20.1 Å². The Morgan fingerprint density at radius 3 is 2.52 bits per heavy atom. The molecule has 0 bridgehead atoms. The Hall–Kier alpha value is -3.61. The molecule has 1 saturated carbocycles. The lowest BCUT2D eigenvalue weighted by Gasteiger charge is -2.50. The van der Waals surface area contributed by atoms with Gasteiger partial charge in [-0.05, 0) is 36.5 Å². The smallest absolute Gasteiger partial charge is 0.246 e. The van der Waals surface area contributed by atoms with E-state index < -0.39 is 17.6 Å². The first-order valence-corrected chi connectivity index (χ1v) is 11.6. The maximum atomic E-state index is 13.4. The highest BCUT2D eigenvalue weighted by Crippen LogP contribution is 2.50. The van der Waals surface area contributed by atoms with Crippen molar-refractivity contribution in [1.29, 1.82) is 0 Å². The quantitative estimate of drug-likeness (QED) is 0.634. The van der Waals surface area contributed by atoms with Crippen molar-refractivity contribution in [3.8, 4) is 0 Å². The first kappa shape index (κ1) is 20.0. The highest BCUT2D eigenvalue weighted by atomic mass is 16.2.